The summed E-state index contributed by atoms with van der Waals surface area (Å²) in [5, 5.41) is 3.95. The highest BCUT2D eigenvalue weighted by Crippen LogP contribution is 2.11. The van der Waals surface area contributed by atoms with Crippen molar-refractivity contribution in [1.82, 2.24) is 14.1 Å². The summed E-state index contributed by atoms with van der Waals surface area (Å²) in [6, 6.07) is 0. The quantitative estimate of drug-likeness (QED) is 0.726. The molecule has 7 heteroatoms. The second-order valence-electron chi connectivity index (χ2n) is 3.27. The lowest BCUT2D eigenvalue weighted by molar-refractivity contribution is 0.520. The lowest BCUT2D eigenvalue weighted by atomic mass is 10.5. The molecule has 0 N–H and O–H groups in total. The van der Waals surface area contributed by atoms with Crippen LogP contribution in [0.15, 0.2) is 17.3 Å². The molecule has 15 heavy (non-hydrogen) atoms. The topological polar surface area (TPSA) is 55.2 Å². The zero-order chi connectivity index (χ0) is 11.5. The Balaban J connectivity index is 2.85. The summed E-state index contributed by atoms with van der Waals surface area (Å²) in [5.74, 6) is 0.537. The highest BCUT2D eigenvalue weighted by atomic mass is 35.5. The average molecular weight is 252 g/mol. The highest BCUT2D eigenvalue weighted by Gasteiger charge is 2.18. The molecule has 1 rings (SSSR count). The number of aryl methyl sites for hydroxylation is 1. The molecule has 5 nitrogen and oxygen atoms in total. The number of rotatable bonds is 5. The van der Waals surface area contributed by atoms with E-state index in [1.54, 1.807) is 4.68 Å². The normalized spacial score (nSPS) is 12.3. The van der Waals surface area contributed by atoms with E-state index < -0.39 is 10.0 Å². The Labute approximate surface area is 94.7 Å². The minimum absolute atomic E-state index is 0.210. The van der Waals surface area contributed by atoms with Crippen LogP contribution in [-0.2, 0) is 16.6 Å². The standard InChI is InChI=1S/C8H14ClN3O2S/c1-11(2)15(13,14)8-6-10-12(7-8)5-3-4-9/h6-7H,3-5H2,1-2H3. The number of halogens is 1. The van der Waals surface area contributed by atoms with Crippen molar-refractivity contribution in [3.05, 3.63) is 12.4 Å². The first-order valence-corrected chi connectivity index (χ1v) is 6.47. The van der Waals surface area contributed by atoms with E-state index in [9.17, 15) is 8.42 Å². The first kappa shape index (κ1) is 12.5. The largest absolute Gasteiger partial charge is 0.271 e. The van der Waals surface area contributed by atoms with E-state index in [0.717, 1.165) is 10.7 Å². The van der Waals surface area contributed by atoms with Gasteiger partial charge in [-0.2, -0.15) is 5.10 Å². The van der Waals surface area contributed by atoms with Gasteiger partial charge < -0.3 is 0 Å². The Morgan fingerprint density at radius 3 is 2.73 bits per heavy atom. The molecule has 0 saturated heterocycles. The summed E-state index contributed by atoms with van der Waals surface area (Å²) in [4.78, 5) is 0.210. The summed E-state index contributed by atoms with van der Waals surface area (Å²) in [6.45, 7) is 0.631. The van der Waals surface area contributed by atoms with Crippen LogP contribution in [0.5, 0.6) is 0 Å². The van der Waals surface area contributed by atoms with Gasteiger partial charge in [0.25, 0.3) is 0 Å². The number of hydrogen-bond acceptors (Lipinski definition) is 3. The van der Waals surface area contributed by atoms with Gasteiger partial charge in [0.15, 0.2) is 0 Å². The van der Waals surface area contributed by atoms with E-state index in [1.165, 1.54) is 26.5 Å². The maximum Gasteiger partial charge on any atom is 0.245 e. The van der Waals surface area contributed by atoms with Crippen molar-refractivity contribution in [3.63, 3.8) is 0 Å². The molecular weight excluding hydrogens is 238 g/mol. The van der Waals surface area contributed by atoms with Crippen LogP contribution in [-0.4, -0.2) is 42.5 Å². The maximum absolute atomic E-state index is 11.7. The number of nitrogens with zero attached hydrogens (tertiary/aromatic N) is 3. The fraction of sp³-hybridized carbons (Fsp3) is 0.625. The molecule has 1 aromatic heterocycles. The van der Waals surface area contributed by atoms with Crippen molar-refractivity contribution in [2.45, 2.75) is 17.9 Å². The average Bonchev–Trinajstić information content (AvgIpc) is 2.63. The number of sulfonamides is 1. The van der Waals surface area contributed by atoms with Gasteiger partial charge in [-0.3, -0.25) is 4.68 Å². The third kappa shape index (κ3) is 2.93. The van der Waals surface area contributed by atoms with Gasteiger partial charge in [-0.1, -0.05) is 0 Å². The molecule has 0 aromatic carbocycles. The lowest BCUT2D eigenvalue weighted by Gasteiger charge is -2.08. The van der Waals surface area contributed by atoms with Crippen molar-refractivity contribution < 1.29 is 8.42 Å². The third-order valence-corrected chi connectivity index (χ3v) is 3.94. The summed E-state index contributed by atoms with van der Waals surface area (Å²) in [6.07, 6.45) is 3.64. The minimum Gasteiger partial charge on any atom is -0.271 e. The molecule has 0 radical (unpaired) electrons. The van der Waals surface area contributed by atoms with E-state index in [4.69, 9.17) is 11.6 Å². The van der Waals surface area contributed by atoms with Crippen LogP contribution < -0.4 is 0 Å². The molecule has 0 amide bonds. The van der Waals surface area contributed by atoms with Crippen LogP contribution in [0.1, 0.15) is 6.42 Å². The van der Waals surface area contributed by atoms with Gasteiger partial charge in [-0.05, 0) is 6.42 Å². The lowest BCUT2D eigenvalue weighted by Crippen LogP contribution is -2.21. The molecule has 0 aliphatic rings. The summed E-state index contributed by atoms with van der Waals surface area (Å²) in [5.41, 5.74) is 0. The smallest absolute Gasteiger partial charge is 0.245 e. The molecule has 0 aliphatic heterocycles. The first-order chi connectivity index (χ1) is 6.98. The predicted octanol–water partition coefficient (Wildman–Crippen LogP) is 0.762. The van der Waals surface area contributed by atoms with E-state index in [-0.39, 0.29) is 4.90 Å². The number of alkyl halides is 1. The molecule has 0 bridgehead atoms. The van der Waals surface area contributed by atoms with E-state index in [0.29, 0.717) is 12.4 Å². The molecular formula is C8H14ClN3O2S. The highest BCUT2D eigenvalue weighted by molar-refractivity contribution is 7.89. The van der Waals surface area contributed by atoms with Gasteiger partial charge in [0.2, 0.25) is 10.0 Å². The Morgan fingerprint density at radius 1 is 1.53 bits per heavy atom. The van der Waals surface area contributed by atoms with Crippen LogP contribution in [0.25, 0.3) is 0 Å². The van der Waals surface area contributed by atoms with Gasteiger partial charge in [0, 0.05) is 32.7 Å². The molecule has 0 aliphatic carbocycles. The van der Waals surface area contributed by atoms with Crippen molar-refractivity contribution in [2.24, 2.45) is 0 Å². The SMILES string of the molecule is CN(C)S(=O)(=O)c1cnn(CCCCl)c1. The Kier molecular flexibility index (Phi) is 4.12. The number of aromatic nitrogens is 2. The van der Waals surface area contributed by atoms with Gasteiger partial charge in [-0.15, -0.1) is 11.6 Å². The second kappa shape index (κ2) is 4.96. The monoisotopic (exact) mass is 251 g/mol. The van der Waals surface area contributed by atoms with Crippen molar-refractivity contribution in [3.8, 4) is 0 Å². The number of hydrogen-bond donors (Lipinski definition) is 0. The molecule has 1 heterocycles. The Bertz CT molecular complexity index is 413. The zero-order valence-corrected chi connectivity index (χ0v) is 10.3. The second-order valence-corrected chi connectivity index (χ2v) is 5.80. The van der Waals surface area contributed by atoms with Crippen LogP contribution in [0.4, 0.5) is 0 Å². The summed E-state index contributed by atoms with van der Waals surface area (Å²) >= 11 is 5.53. The van der Waals surface area contributed by atoms with Crippen molar-refractivity contribution >= 4 is 21.6 Å². The van der Waals surface area contributed by atoms with Crippen molar-refractivity contribution in [2.75, 3.05) is 20.0 Å². The third-order valence-electron chi connectivity index (χ3n) is 1.91. The summed E-state index contributed by atoms with van der Waals surface area (Å²) < 4.78 is 26.1. The molecule has 0 unspecified atom stereocenters. The maximum atomic E-state index is 11.7. The zero-order valence-electron chi connectivity index (χ0n) is 8.72. The molecule has 86 valence electrons. The van der Waals surface area contributed by atoms with E-state index in [1.807, 2.05) is 0 Å². The van der Waals surface area contributed by atoms with Crippen LogP contribution >= 0.6 is 11.6 Å². The van der Waals surface area contributed by atoms with Gasteiger partial charge >= 0.3 is 0 Å². The molecule has 0 fully saturated rings. The minimum atomic E-state index is -3.36. The van der Waals surface area contributed by atoms with Gasteiger partial charge in [-0.25, -0.2) is 12.7 Å². The fourth-order valence-corrected chi connectivity index (χ4v) is 2.01. The fourth-order valence-electron chi connectivity index (χ4n) is 1.03. The Hall–Kier alpha value is -0.590. The predicted molar refractivity (Wildman–Crippen MR) is 58.4 cm³/mol. The van der Waals surface area contributed by atoms with E-state index >= 15 is 0 Å². The Morgan fingerprint density at radius 2 is 2.20 bits per heavy atom. The van der Waals surface area contributed by atoms with Gasteiger partial charge in [0.1, 0.15) is 4.90 Å². The van der Waals surface area contributed by atoms with Crippen LogP contribution in [0.3, 0.4) is 0 Å². The van der Waals surface area contributed by atoms with E-state index in [2.05, 4.69) is 5.10 Å². The van der Waals surface area contributed by atoms with Crippen LogP contribution in [0, 0.1) is 0 Å². The van der Waals surface area contributed by atoms with Gasteiger partial charge in [0.05, 0.1) is 6.20 Å². The summed E-state index contributed by atoms with van der Waals surface area (Å²) in [7, 11) is -0.381. The molecule has 0 saturated carbocycles. The van der Waals surface area contributed by atoms with Crippen molar-refractivity contribution in [1.29, 1.82) is 0 Å². The van der Waals surface area contributed by atoms with Crippen LogP contribution in [0.2, 0.25) is 0 Å². The first-order valence-electron chi connectivity index (χ1n) is 4.49. The molecule has 0 spiro atoms. The molecule has 0 atom stereocenters. The molecule has 1 aromatic rings.